The maximum absolute atomic E-state index is 12.1. The van der Waals surface area contributed by atoms with Crippen LogP contribution in [0.1, 0.15) is 32.8 Å². The summed E-state index contributed by atoms with van der Waals surface area (Å²) in [7, 11) is 0. The summed E-state index contributed by atoms with van der Waals surface area (Å²) in [4.78, 5) is 36.0. The molecule has 0 aliphatic rings. The highest BCUT2D eigenvalue weighted by molar-refractivity contribution is 5.86. The second-order valence-electron chi connectivity index (χ2n) is 6.47. The number of nitrogens with one attached hydrogen (secondary N) is 1. The molecule has 26 heavy (non-hydrogen) atoms. The average Bonchev–Trinajstić information content (AvgIpc) is 2.56. The molecule has 142 valence electrons. The smallest absolute Gasteiger partial charge is 0.408 e. The molecule has 0 heterocycles. The lowest BCUT2D eigenvalue weighted by molar-refractivity contribution is -0.152. The van der Waals surface area contributed by atoms with Crippen LogP contribution < -0.4 is 5.32 Å². The third-order valence-corrected chi connectivity index (χ3v) is 2.93. The zero-order valence-electron chi connectivity index (χ0n) is 15.3. The van der Waals surface area contributed by atoms with Crippen LogP contribution in [0.15, 0.2) is 43.0 Å². The Morgan fingerprint density at radius 3 is 2.38 bits per heavy atom. The van der Waals surface area contributed by atoms with E-state index in [0.717, 1.165) is 5.56 Å². The first kappa shape index (κ1) is 21.2. The molecule has 7 nitrogen and oxygen atoms in total. The maximum atomic E-state index is 12.1. The highest BCUT2D eigenvalue weighted by Crippen LogP contribution is 2.09. The third kappa shape index (κ3) is 8.86. The number of rotatable bonds is 8. The summed E-state index contributed by atoms with van der Waals surface area (Å²) in [5.41, 5.74) is 0.0692. The van der Waals surface area contributed by atoms with Gasteiger partial charge in [0.25, 0.3) is 0 Å². The third-order valence-electron chi connectivity index (χ3n) is 2.93. The van der Waals surface area contributed by atoms with E-state index in [9.17, 15) is 14.4 Å². The lowest BCUT2D eigenvalue weighted by Gasteiger charge is -2.22. The van der Waals surface area contributed by atoms with Crippen LogP contribution in [0, 0.1) is 0 Å². The molecule has 1 aromatic rings. The Hall–Kier alpha value is -2.83. The normalized spacial score (nSPS) is 11.8. The highest BCUT2D eigenvalue weighted by Gasteiger charge is 2.28. The monoisotopic (exact) mass is 363 g/mol. The van der Waals surface area contributed by atoms with Crippen molar-refractivity contribution in [2.24, 2.45) is 0 Å². The van der Waals surface area contributed by atoms with E-state index in [2.05, 4.69) is 11.9 Å². The Kier molecular flexibility index (Phi) is 8.34. The van der Waals surface area contributed by atoms with Crippen LogP contribution in [0.4, 0.5) is 4.79 Å². The lowest BCUT2D eigenvalue weighted by atomic mass is 10.2. The van der Waals surface area contributed by atoms with Crippen molar-refractivity contribution in [3.63, 3.8) is 0 Å². The van der Waals surface area contributed by atoms with Crippen LogP contribution in [0.25, 0.3) is 0 Å². The van der Waals surface area contributed by atoms with Crippen LogP contribution in [-0.4, -0.2) is 36.3 Å². The molecule has 1 rings (SSSR count). The summed E-state index contributed by atoms with van der Waals surface area (Å²) >= 11 is 0. The highest BCUT2D eigenvalue weighted by atomic mass is 16.6. The molecule has 0 radical (unpaired) electrons. The van der Waals surface area contributed by atoms with Crippen molar-refractivity contribution in [1.29, 1.82) is 0 Å². The molecule has 0 saturated carbocycles. The number of hydrogen-bond acceptors (Lipinski definition) is 6. The molecule has 0 spiro atoms. The quantitative estimate of drug-likeness (QED) is 0.434. The van der Waals surface area contributed by atoms with E-state index < -0.39 is 29.7 Å². The first-order valence-electron chi connectivity index (χ1n) is 8.18. The van der Waals surface area contributed by atoms with E-state index in [0.29, 0.717) is 0 Å². The van der Waals surface area contributed by atoms with Crippen LogP contribution in [-0.2, 0) is 30.4 Å². The van der Waals surface area contributed by atoms with Gasteiger partial charge < -0.3 is 19.5 Å². The molecular formula is C19H25NO6. The fraction of sp³-hybridized carbons (Fsp3) is 0.421. The first-order valence-corrected chi connectivity index (χ1v) is 8.18. The van der Waals surface area contributed by atoms with Crippen molar-refractivity contribution >= 4 is 18.0 Å². The first-order chi connectivity index (χ1) is 12.2. The molecule has 0 aliphatic heterocycles. The minimum atomic E-state index is -1.21. The number of hydrogen-bond donors (Lipinski definition) is 1. The average molecular weight is 363 g/mol. The number of esters is 2. The van der Waals surface area contributed by atoms with Crippen LogP contribution >= 0.6 is 0 Å². The topological polar surface area (TPSA) is 90.9 Å². The molecule has 1 amide bonds. The molecular weight excluding hydrogens is 338 g/mol. The fourth-order valence-corrected chi connectivity index (χ4v) is 1.85. The molecule has 7 heteroatoms. The van der Waals surface area contributed by atoms with Crippen molar-refractivity contribution < 1.29 is 28.6 Å². The van der Waals surface area contributed by atoms with Gasteiger partial charge in [-0.05, 0) is 26.3 Å². The molecule has 1 aromatic carbocycles. The number of benzene rings is 1. The number of amides is 1. The minimum absolute atomic E-state index is 0.0373. The Morgan fingerprint density at radius 1 is 1.15 bits per heavy atom. The van der Waals surface area contributed by atoms with Gasteiger partial charge >= 0.3 is 18.0 Å². The summed E-state index contributed by atoms with van der Waals surface area (Å²) in [6, 6.07) is 7.89. The molecule has 0 bridgehead atoms. The predicted molar refractivity (Wildman–Crippen MR) is 95.2 cm³/mol. The van der Waals surface area contributed by atoms with Crippen molar-refractivity contribution in [2.45, 2.75) is 45.4 Å². The van der Waals surface area contributed by atoms with Gasteiger partial charge in [0, 0.05) is 0 Å². The molecule has 0 unspecified atom stereocenters. The van der Waals surface area contributed by atoms with Crippen LogP contribution in [0.5, 0.6) is 0 Å². The second-order valence-corrected chi connectivity index (χ2v) is 6.47. The van der Waals surface area contributed by atoms with Crippen molar-refractivity contribution in [2.75, 3.05) is 6.61 Å². The zero-order chi connectivity index (χ0) is 19.6. The summed E-state index contributed by atoms with van der Waals surface area (Å²) in [5.74, 6) is -1.42. The Labute approximate surface area is 153 Å². The maximum Gasteiger partial charge on any atom is 0.408 e. The summed E-state index contributed by atoms with van der Waals surface area (Å²) in [6.07, 6.45) is 0.187. The van der Waals surface area contributed by atoms with Gasteiger partial charge in [0.15, 0.2) is 0 Å². The van der Waals surface area contributed by atoms with Gasteiger partial charge in [0.1, 0.15) is 24.9 Å². The second kappa shape index (κ2) is 10.2. The van der Waals surface area contributed by atoms with E-state index in [1.54, 1.807) is 20.8 Å². The van der Waals surface area contributed by atoms with Crippen molar-refractivity contribution in [3.05, 3.63) is 48.6 Å². The number of carbonyl (C=O) groups is 3. The zero-order valence-corrected chi connectivity index (χ0v) is 15.3. The lowest BCUT2D eigenvalue weighted by Crippen LogP contribution is -2.45. The van der Waals surface area contributed by atoms with Gasteiger partial charge in [-0.25, -0.2) is 9.59 Å². The fourth-order valence-electron chi connectivity index (χ4n) is 1.85. The Bertz CT molecular complexity index is 621. The van der Waals surface area contributed by atoms with Gasteiger partial charge in [-0.1, -0.05) is 43.0 Å². The standard InChI is InChI=1S/C19H25NO6/c1-5-11-24-17(22)15(20-18(23)26-19(2,3)4)12-16(21)25-13-14-9-7-6-8-10-14/h5-10,15H,1,11-13H2,2-4H3,(H,20,23)/t15-/m1/s1. The van der Waals surface area contributed by atoms with Crippen LogP contribution in [0.3, 0.4) is 0 Å². The molecule has 0 aromatic heterocycles. The number of ether oxygens (including phenoxy) is 3. The largest absolute Gasteiger partial charge is 0.461 e. The van der Waals surface area contributed by atoms with E-state index in [-0.39, 0.29) is 19.6 Å². The Balaban J connectivity index is 2.64. The minimum Gasteiger partial charge on any atom is -0.461 e. The van der Waals surface area contributed by atoms with Crippen molar-refractivity contribution in [1.82, 2.24) is 5.32 Å². The SMILES string of the molecule is C=CCOC(=O)[C@@H](CC(=O)OCc1ccccc1)NC(=O)OC(C)(C)C. The van der Waals surface area contributed by atoms with E-state index in [4.69, 9.17) is 14.2 Å². The van der Waals surface area contributed by atoms with E-state index in [1.807, 2.05) is 30.3 Å². The molecule has 1 atom stereocenters. The number of alkyl carbamates (subject to hydrolysis) is 1. The summed E-state index contributed by atoms with van der Waals surface area (Å²) in [6.45, 7) is 8.54. The van der Waals surface area contributed by atoms with Gasteiger partial charge in [0.05, 0.1) is 6.42 Å². The molecule has 0 fully saturated rings. The Morgan fingerprint density at radius 2 is 1.81 bits per heavy atom. The van der Waals surface area contributed by atoms with Gasteiger partial charge in [-0.2, -0.15) is 0 Å². The molecule has 1 N–H and O–H groups in total. The molecule has 0 aliphatic carbocycles. The summed E-state index contributed by atoms with van der Waals surface area (Å²) < 4.78 is 15.2. The number of carbonyl (C=O) groups excluding carboxylic acids is 3. The van der Waals surface area contributed by atoms with E-state index in [1.165, 1.54) is 6.08 Å². The predicted octanol–water partition coefficient (Wildman–Crippen LogP) is 2.74. The summed E-state index contributed by atoms with van der Waals surface area (Å²) in [5, 5.41) is 2.34. The van der Waals surface area contributed by atoms with Gasteiger partial charge in [-0.15, -0.1) is 0 Å². The molecule has 0 saturated heterocycles. The van der Waals surface area contributed by atoms with E-state index >= 15 is 0 Å². The van der Waals surface area contributed by atoms with Gasteiger partial charge in [-0.3, -0.25) is 4.79 Å². The van der Waals surface area contributed by atoms with Crippen molar-refractivity contribution in [3.8, 4) is 0 Å². The van der Waals surface area contributed by atoms with Crippen LogP contribution in [0.2, 0.25) is 0 Å². The van der Waals surface area contributed by atoms with Gasteiger partial charge in [0.2, 0.25) is 0 Å².